The average molecular weight is 358 g/mol. The highest BCUT2D eigenvalue weighted by molar-refractivity contribution is 5.55. The van der Waals surface area contributed by atoms with Crippen LogP contribution in [-0.4, -0.2) is 60.0 Å². The van der Waals surface area contributed by atoms with Gasteiger partial charge in [-0.3, -0.25) is 4.90 Å². The van der Waals surface area contributed by atoms with Crippen molar-refractivity contribution >= 4 is 5.69 Å². The molecule has 0 radical (unpaired) electrons. The van der Waals surface area contributed by atoms with Gasteiger partial charge in [-0.1, -0.05) is 12.1 Å². The summed E-state index contributed by atoms with van der Waals surface area (Å²) in [6, 6.07) is 5.69. The molecular weight excluding hydrogens is 333 g/mol. The van der Waals surface area contributed by atoms with E-state index in [0.29, 0.717) is 25.9 Å². The van der Waals surface area contributed by atoms with Crippen LogP contribution in [0.2, 0.25) is 0 Å². The van der Waals surface area contributed by atoms with Crippen LogP contribution in [0.25, 0.3) is 0 Å². The predicted octanol–water partition coefficient (Wildman–Crippen LogP) is 2.35. The minimum Gasteiger partial charge on any atom is -0.395 e. The van der Waals surface area contributed by atoms with E-state index in [1.54, 1.807) is 12.1 Å². The van der Waals surface area contributed by atoms with E-state index in [-0.39, 0.29) is 30.4 Å². The molecule has 2 N–H and O–H groups in total. The van der Waals surface area contributed by atoms with Crippen molar-refractivity contribution in [2.75, 3.05) is 37.7 Å². The average Bonchev–Trinajstić information content (AvgIpc) is 3.04. The number of benzene rings is 1. The maximum atomic E-state index is 13.2. The van der Waals surface area contributed by atoms with E-state index in [2.05, 4.69) is 4.90 Å². The fourth-order valence-corrected chi connectivity index (χ4v) is 4.03. The summed E-state index contributed by atoms with van der Waals surface area (Å²) in [7, 11) is 0. The molecule has 0 aliphatic carbocycles. The summed E-state index contributed by atoms with van der Waals surface area (Å²) in [6.45, 7) is 2.68. The Kier molecular flexibility index (Phi) is 5.55. The third-order valence-corrected chi connectivity index (χ3v) is 5.35. The number of alkyl halides is 3. The summed E-state index contributed by atoms with van der Waals surface area (Å²) in [6.07, 6.45) is -2.64. The van der Waals surface area contributed by atoms with Crippen LogP contribution in [0.4, 0.5) is 18.9 Å². The third-order valence-electron chi connectivity index (χ3n) is 5.35. The Balaban J connectivity index is 1.65. The summed E-state index contributed by atoms with van der Waals surface area (Å²) in [4.78, 5) is 4.00. The summed E-state index contributed by atoms with van der Waals surface area (Å²) in [5, 5.41) is 19.3. The Morgan fingerprint density at radius 3 is 2.60 bits per heavy atom. The molecule has 0 amide bonds. The van der Waals surface area contributed by atoms with Crippen LogP contribution in [0.1, 0.15) is 24.8 Å². The van der Waals surface area contributed by atoms with Gasteiger partial charge in [0, 0.05) is 37.9 Å². The van der Waals surface area contributed by atoms with Crippen LogP contribution < -0.4 is 4.90 Å². The smallest absolute Gasteiger partial charge is 0.395 e. The number of halogens is 3. The zero-order chi connectivity index (χ0) is 18.0. The molecule has 3 rings (SSSR count). The molecule has 2 aliphatic heterocycles. The minimum atomic E-state index is -4.35. The van der Waals surface area contributed by atoms with Gasteiger partial charge in [0.1, 0.15) is 0 Å². The van der Waals surface area contributed by atoms with E-state index in [1.165, 1.54) is 6.07 Å². The number of nitrogens with zero attached hydrogens (tertiary/aromatic N) is 2. The van der Waals surface area contributed by atoms with Crippen molar-refractivity contribution in [3.05, 3.63) is 29.8 Å². The van der Waals surface area contributed by atoms with Crippen LogP contribution in [0.5, 0.6) is 0 Å². The Bertz CT molecular complexity index is 582. The molecule has 1 aromatic rings. The molecule has 0 aromatic heterocycles. The number of aliphatic hydroxyl groups is 2. The van der Waals surface area contributed by atoms with E-state index in [0.717, 1.165) is 25.6 Å². The van der Waals surface area contributed by atoms with Crippen molar-refractivity contribution in [1.29, 1.82) is 0 Å². The third kappa shape index (κ3) is 4.27. The maximum Gasteiger partial charge on any atom is 0.418 e. The number of anilines is 1. The second kappa shape index (κ2) is 7.51. The van der Waals surface area contributed by atoms with Crippen molar-refractivity contribution in [3.63, 3.8) is 0 Å². The predicted molar refractivity (Wildman–Crippen MR) is 89.5 cm³/mol. The van der Waals surface area contributed by atoms with Gasteiger partial charge < -0.3 is 15.1 Å². The summed E-state index contributed by atoms with van der Waals surface area (Å²) in [5.41, 5.74) is -0.324. The standard InChI is InChI=1S/C18H25F3N2O2/c19-18(20,21)16-3-1-2-4-17(16)23-7-5-13(11-23)10-22-8-6-15(25)9-14(22)12-24/h1-4,13-15,24-25H,5-12H2. The molecule has 7 heteroatoms. The molecule has 2 fully saturated rings. The molecule has 4 nitrogen and oxygen atoms in total. The molecule has 25 heavy (non-hydrogen) atoms. The number of piperidine rings is 1. The van der Waals surface area contributed by atoms with Crippen LogP contribution in [0.3, 0.4) is 0 Å². The van der Waals surface area contributed by atoms with Gasteiger partial charge in [-0.25, -0.2) is 0 Å². The number of aliphatic hydroxyl groups excluding tert-OH is 2. The Labute approximate surface area is 145 Å². The van der Waals surface area contributed by atoms with E-state index in [9.17, 15) is 23.4 Å². The zero-order valence-corrected chi connectivity index (χ0v) is 14.1. The van der Waals surface area contributed by atoms with Crippen molar-refractivity contribution in [2.45, 2.75) is 37.6 Å². The fourth-order valence-electron chi connectivity index (χ4n) is 4.03. The fraction of sp³-hybridized carbons (Fsp3) is 0.667. The molecular formula is C18H25F3N2O2. The van der Waals surface area contributed by atoms with Gasteiger partial charge in [0.2, 0.25) is 0 Å². The lowest BCUT2D eigenvalue weighted by atomic mass is 9.97. The number of hydrogen-bond donors (Lipinski definition) is 2. The normalized spacial score (nSPS) is 28.5. The van der Waals surface area contributed by atoms with E-state index < -0.39 is 11.7 Å². The van der Waals surface area contributed by atoms with Crippen molar-refractivity contribution in [3.8, 4) is 0 Å². The van der Waals surface area contributed by atoms with Crippen LogP contribution in [-0.2, 0) is 6.18 Å². The first-order valence-electron chi connectivity index (χ1n) is 8.82. The van der Waals surface area contributed by atoms with Gasteiger partial charge in [0.25, 0.3) is 0 Å². The summed E-state index contributed by atoms with van der Waals surface area (Å²) < 4.78 is 39.7. The van der Waals surface area contributed by atoms with Crippen LogP contribution in [0, 0.1) is 5.92 Å². The van der Waals surface area contributed by atoms with Gasteiger partial charge in [-0.2, -0.15) is 13.2 Å². The highest BCUT2D eigenvalue weighted by atomic mass is 19.4. The highest BCUT2D eigenvalue weighted by Crippen LogP contribution is 2.38. The summed E-state index contributed by atoms with van der Waals surface area (Å²) >= 11 is 0. The van der Waals surface area contributed by atoms with Gasteiger partial charge in [0.05, 0.1) is 18.3 Å². The molecule has 0 bridgehead atoms. The molecule has 140 valence electrons. The van der Waals surface area contributed by atoms with Crippen molar-refractivity contribution < 1.29 is 23.4 Å². The largest absolute Gasteiger partial charge is 0.418 e. The molecule has 1 aromatic carbocycles. The Hall–Kier alpha value is -1.31. The molecule has 0 saturated carbocycles. The zero-order valence-electron chi connectivity index (χ0n) is 14.1. The lowest BCUT2D eigenvalue weighted by Gasteiger charge is -2.38. The number of hydrogen-bond acceptors (Lipinski definition) is 4. The SMILES string of the molecule is OCC1CC(O)CCN1CC1CCN(c2ccccc2C(F)(F)F)C1. The molecule has 2 aliphatic rings. The quantitative estimate of drug-likeness (QED) is 0.867. The van der Waals surface area contributed by atoms with E-state index >= 15 is 0 Å². The first kappa shape index (κ1) is 18.5. The Morgan fingerprint density at radius 1 is 1.12 bits per heavy atom. The first-order valence-corrected chi connectivity index (χ1v) is 8.82. The number of likely N-dealkylation sites (tertiary alicyclic amines) is 1. The molecule has 0 spiro atoms. The van der Waals surface area contributed by atoms with Gasteiger partial charge in [0.15, 0.2) is 0 Å². The molecule has 3 unspecified atom stereocenters. The number of para-hydroxylation sites is 1. The second-order valence-corrected chi connectivity index (χ2v) is 7.13. The first-order chi connectivity index (χ1) is 11.9. The lowest BCUT2D eigenvalue weighted by molar-refractivity contribution is -0.137. The highest BCUT2D eigenvalue weighted by Gasteiger charge is 2.37. The van der Waals surface area contributed by atoms with Gasteiger partial charge in [-0.05, 0) is 37.3 Å². The van der Waals surface area contributed by atoms with Crippen molar-refractivity contribution in [2.24, 2.45) is 5.92 Å². The minimum absolute atomic E-state index is 0.00437. The van der Waals surface area contributed by atoms with Gasteiger partial charge in [-0.15, -0.1) is 0 Å². The topological polar surface area (TPSA) is 46.9 Å². The van der Waals surface area contributed by atoms with E-state index in [4.69, 9.17) is 0 Å². The molecule has 2 heterocycles. The lowest BCUT2D eigenvalue weighted by Crippen LogP contribution is -2.48. The maximum absolute atomic E-state index is 13.2. The van der Waals surface area contributed by atoms with Gasteiger partial charge >= 0.3 is 6.18 Å². The van der Waals surface area contributed by atoms with E-state index in [1.807, 2.05) is 4.90 Å². The van der Waals surface area contributed by atoms with Crippen molar-refractivity contribution in [1.82, 2.24) is 4.90 Å². The summed E-state index contributed by atoms with van der Waals surface area (Å²) in [5.74, 6) is 0.269. The monoisotopic (exact) mass is 358 g/mol. The second-order valence-electron chi connectivity index (χ2n) is 7.13. The van der Waals surface area contributed by atoms with Crippen LogP contribution in [0.15, 0.2) is 24.3 Å². The molecule has 2 saturated heterocycles. The Morgan fingerprint density at radius 2 is 1.88 bits per heavy atom. The van der Waals surface area contributed by atoms with Crippen LogP contribution >= 0.6 is 0 Å². The molecule has 3 atom stereocenters. The number of rotatable bonds is 4.